The molecule has 4 rings (SSSR count). The quantitative estimate of drug-likeness (QED) is 0.290. The predicted molar refractivity (Wildman–Crippen MR) is 122 cm³/mol. The predicted octanol–water partition coefficient (Wildman–Crippen LogP) is 8.65. The van der Waals surface area contributed by atoms with Gasteiger partial charge < -0.3 is 9.88 Å². The fourth-order valence-electron chi connectivity index (χ4n) is 3.88. The molecule has 3 aromatic rings. The van der Waals surface area contributed by atoms with Gasteiger partial charge in [-0.25, -0.2) is 4.39 Å². The summed E-state index contributed by atoms with van der Waals surface area (Å²) in [5.74, 6) is -0.464. The summed E-state index contributed by atoms with van der Waals surface area (Å²) in [5, 5.41) is 1.29. The molecular weight excluding hydrogens is 593 g/mol. The van der Waals surface area contributed by atoms with Gasteiger partial charge >= 0.3 is 24.2 Å². The Morgan fingerprint density at radius 1 is 0.872 bits per heavy atom. The van der Waals surface area contributed by atoms with E-state index in [0.717, 1.165) is 12.8 Å². The van der Waals surface area contributed by atoms with Crippen LogP contribution in [0.5, 0.6) is 0 Å². The topological polar surface area (TPSA) is 34.0 Å². The molecule has 1 aliphatic rings. The van der Waals surface area contributed by atoms with Crippen molar-refractivity contribution in [2.24, 2.45) is 0 Å². The number of halogens is 12. The van der Waals surface area contributed by atoms with Crippen molar-refractivity contribution in [3.05, 3.63) is 75.5 Å². The summed E-state index contributed by atoms with van der Waals surface area (Å²) in [4.78, 5) is 12.4. The van der Waals surface area contributed by atoms with Gasteiger partial charge in [-0.1, -0.05) is 35.3 Å². The molecule has 1 aliphatic carbocycles. The summed E-state index contributed by atoms with van der Waals surface area (Å²) >= 11 is 11.8. The number of amides is 1. The molecule has 210 valence electrons. The first-order valence-electron chi connectivity index (χ1n) is 10.9. The van der Waals surface area contributed by atoms with Crippen molar-refractivity contribution in [2.45, 2.75) is 43.1 Å². The lowest BCUT2D eigenvalue weighted by Gasteiger charge is -2.32. The zero-order chi connectivity index (χ0) is 29.1. The second-order valence-corrected chi connectivity index (χ2v) is 9.51. The first-order chi connectivity index (χ1) is 17.9. The van der Waals surface area contributed by atoms with Crippen molar-refractivity contribution in [1.29, 1.82) is 0 Å². The Labute approximate surface area is 223 Å². The monoisotopic (exact) mass is 606 g/mol. The maximum absolute atomic E-state index is 14.6. The third-order valence-electron chi connectivity index (χ3n) is 5.99. The van der Waals surface area contributed by atoms with Gasteiger partial charge in [0.05, 0.1) is 21.2 Å². The Hall–Kier alpha value is -2.93. The van der Waals surface area contributed by atoms with Crippen LogP contribution in [0.2, 0.25) is 10.0 Å². The average molecular weight is 607 g/mol. The summed E-state index contributed by atoms with van der Waals surface area (Å²) < 4.78 is 137. The van der Waals surface area contributed by atoms with E-state index in [2.05, 4.69) is 5.32 Å². The van der Waals surface area contributed by atoms with Crippen molar-refractivity contribution in [3.63, 3.8) is 0 Å². The minimum absolute atomic E-state index is 0.0149. The van der Waals surface area contributed by atoms with Gasteiger partial charge in [0, 0.05) is 40.8 Å². The lowest BCUT2D eigenvalue weighted by atomic mass is 9.87. The van der Waals surface area contributed by atoms with Crippen LogP contribution in [0.15, 0.2) is 48.8 Å². The maximum atomic E-state index is 14.6. The van der Waals surface area contributed by atoms with E-state index in [9.17, 15) is 48.7 Å². The van der Waals surface area contributed by atoms with Gasteiger partial charge in [0.15, 0.2) is 0 Å². The maximum Gasteiger partial charge on any atom is 0.435 e. The van der Waals surface area contributed by atoms with Crippen molar-refractivity contribution in [1.82, 2.24) is 9.88 Å². The van der Waals surface area contributed by atoms with Crippen LogP contribution in [-0.2, 0) is 11.8 Å². The average Bonchev–Trinajstić information content (AvgIpc) is 3.48. The molecule has 0 aliphatic heterocycles. The van der Waals surface area contributed by atoms with Gasteiger partial charge in [-0.05, 0) is 37.1 Å². The molecule has 1 fully saturated rings. The Bertz CT molecular complexity index is 1410. The summed E-state index contributed by atoms with van der Waals surface area (Å²) in [6.45, 7) is 0. The van der Waals surface area contributed by atoms with Crippen molar-refractivity contribution >= 4 is 29.1 Å². The number of carbonyl (C=O) groups is 1. The van der Waals surface area contributed by atoms with Crippen molar-refractivity contribution in [2.75, 3.05) is 0 Å². The molecule has 3 nitrogen and oxygen atoms in total. The zero-order valence-electron chi connectivity index (χ0n) is 19.0. The van der Waals surface area contributed by atoms with Gasteiger partial charge in [0.1, 0.15) is 0 Å². The van der Waals surface area contributed by atoms with Gasteiger partial charge in [0.2, 0.25) is 0 Å². The van der Waals surface area contributed by atoms with Crippen LogP contribution in [0.1, 0.15) is 34.3 Å². The standard InChI is InChI=1S/C24H14Cl2F10N2O/c25-17-6-3-13(9-15(17)20(39)37-12-1-2-12)38-8-7-11(10-38)14-4-5-16(18(19(14)26)22(28,29)30)21(27,23(31,32)33)24(34,35)36/h3-10,12H,1-2H2,(H,37,39). The van der Waals surface area contributed by atoms with E-state index >= 15 is 0 Å². The smallest absolute Gasteiger partial charge is 0.349 e. The fraction of sp³-hybridized carbons (Fsp3) is 0.292. The Morgan fingerprint density at radius 3 is 2.03 bits per heavy atom. The third-order valence-corrected chi connectivity index (χ3v) is 6.71. The molecule has 1 aromatic heterocycles. The Kier molecular flexibility index (Phi) is 7.16. The van der Waals surface area contributed by atoms with Gasteiger partial charge in [-0.2, -0.15) is 39.5 Å². The highest BCUT2D eigenvalue weighted by atomic mass is 35.5. The first kappa shape index (κ1) is 29.1. The van der Waals surface area contributed by atoms with Gasteiger partial charge in [0.25, 0.3) is 5.91 Å². The summed E-state index contributed by atoms with van der Waals surface area (Å²) in [5.41, 5.74) is -12.1. The highest BCUT2D eigenvalue weighted by Crippen LogP contribution is 2.57. The number of nitrogens with zero attached hydrogens (tertiary/aromatic N) is 1. The molecule has 0 radical (unpaired) electrons. The lowest BCUT2D eigenvalue weighted by Crippen LogP contribution is -2.51. The van der Waals surface area contributed by atoms with Crippen molar-refractivity contribution in [3.8, 4) is 16.8 Å². The fourth-order valence-corrected chi connectivity index (χ4v) is 4.47. The van der Waals surface area contributed by atoms with E-state index in [1.54, 1.807) is 0 Å². The van der Waals surface area contributed by atoms with Crippen molar-refractivity contribution < 1.29 is 48.7 Å². The summed E-state index contributed by atoms with van der Waals surface area (Å²) in [6.07, 6.45) is -15.4. The van der Waals surface area contributed by atoms with E-state index in [0.29, 0.717) is 11.8 Å². The molecule has 1 N–H and O–H groups in total. The van der Waals surface area contributed by atoms with Crippen LogP contribution in [0.25, 0.3) is 16.8 Å². The highest BCUT2D eigenvalue weighted by Gasteiger charge is 2.75. The third kappa shape index (κ3) is 5.30. The molecule has 1 heterocycles. The number of hydrogen-bond donors (Lipinski definition) is 1. The van der Waals surface area contributed by atoms with Gasteiger partial charge in [-0.3, -0.25) is 4.79 Å². The molecular formula is C24H14Cl2F10N2O. The molecule has 39 heavy (non-hydrogen) atoms. The number of carbonyl (C=O) groups excluding carboxylic acids is 1. The number of benzene rings is 2. The number of alkyl halides is 10. The SMILES string of the molecule is O=C(NC1CC1)c1cc(-n2ccc(-c3ccc(C(F)(C(F)(F)F)C(F)(F)F)c(C(F)(F)F)c3Cl)c2)ccc1Cl. The normalized spacial score (nSPS) is 15.0. The molecule has 0 atom stereocenters. The van der Waals surface area contributed by atoms with Crippen LogP contribution in [0.3, 0.4) is 0 Å². The Balaban J connectivity index is 1.81. The van der Waals surface area contributed by atoms with Crippen LogP contribution in [-0.4, -0.2) is 28.9 Å². The molecule has 1 saturated carbocycles. The summed E-state index contributed by atoms with van der Waals surface area (Å²) in [7, 11) is 0. The largest absolute Gasteiger partial charge is 0.435 e. The zero-order valence-corrected chi connectivity index (χ0v) is 20.5. The van der Waals surface area contributed by atoms with E-state index in [1.165, 1.54) is 41.2 Å². The number of aromatic nitrogens is 1. The molecule has 2 aromatic carbocycles. The minimum Gasteiger partial charge on any atom is -0.349 e. The lowest BCUT2D eigenvalue weighted by molar-refractivity contribution is -0.349. The molecule has 15 heteroatoms. The molecule has 0 bridgehead atoms. The highest BCUT2D eigenvalue weighted by molar-refractivity contribution is 6.34. The molecule has 0 spiro atoms. The van der Waals surface area contributed by atoms with E-state index in [1.807, 2.05) is 0 Å². The van der Waals surface area contributed by atoms with Crippen LogP contribution in [0.4, 0.5) is 43.9 Å². The van der Waals surface area contributed by atoms with Crippen LogP contribution >= 0.6 is 23.2 Å². The molecule has 0 saturated heterocycles. The number of rotatable bonds is 5. The molecule has 0 unspecified atom stereocenters. The first-order valence-corrected chi connectivity index (χ1v) is 11.6. The van der Waals surface area contributed by atoms with E-state index in [4.69, 9.17) is 23.2 Å². The van der Waals surface area contributed by atoms with E-state index < -0.39 is 51.8 Å². The summed E-state index contributed by atoms with van der Waals surface area (Å²) in [6, 6.07) is 5.61. The Morgan fingerprint density at radius 2 is 1.49 bits per heavy atom. The van der Waals surface area contributed by atoms with Crippen LogP contribution in [0, 0.1) is 0 Å². The molecule has 1 amide bonds. The van der Waals surface area contributed by atoms with Gasteiger partial charge in [-0.15, -0.1) is 0 Å². The van der Waals surface area contributed by atoms with E-state index in [-0.39, 0.29) is 28.3 Å². The van der Waals surface area contributed by atoms with Crippen LogP contribution < -0.4 is 5.32 Å². The second-order valence-electron chi connectivity index (χ2n) is 8.72. The number of hydrogen-bond acceptors (Lipinski definition) is 1. The number of nitrogens with one attached hydrogen (secondary N) is 1. The minimum atomic E-state index is -6.78. The second kappa shape index (κ2) is 9.61.